The minimum atomic E-state index is -0.506. The Hall–Kier alpha value is -1.32. The molecule has 1 unspecified atom stereocenters. The van der Waals surface area contributed by atoms with Gasteiger partial charge in [0.1, 0.15) is 12.7 Å². The minimum Gasteiger partial charge on any atom is -0.459 e. The summed E-state index contributed by atoms with van der Waals surface area (Å²) in [7, 11) is 0. The van der Waals surface area contributed by atoms with E-state index in [0.717, 1.165) is 12.2 Å². The summed E-state index contributed by atoms with van der Waals surface area (Å²) in [4.78, 5) is 21.3. The summed E-state index contributed by atoms with van der Waals surface area (Å²) in [5.41, 5.74) is 0. The summed E-state index contributed by atoms with van der Waals surface area (Å²) in [6, 6.07) is 0. The maximum Gasteiger partial charge on any atom is 0.331 e. The van der Waals surface area contributed by atoms with Crippen LogP contribution in [0, 0.1) is 0 Å². The molecule has 1 aliphatic rings. The lowest BCUT2D eigenvalue weighted by Crippen LogP contribution is -2.23. The summed E-state index contributed by atoms with van der Waals surface area (Å²) < 4.78 is 9.38. The molecule has 0 saturated carbocycles. The zero-order valence-electron chi connectivity index (χ0n) is 6.07. The molecule has 1 heterocycles. The minimum absolute atomic E-state index is 0.120. The predicted molar refractivity (Wildman–Crippen MR) is 35.7 cm³/mol. The van der Waals surface area contributed by atoms with Crippen LogP contribution in [0.15, 0.2) is 12.2 Å². The highest BCUT2D eigenvalue weighted by Crippen LogP contribution is 1.98. The van der Waals surface area contributed by atoms with E-state index < -0.39 is 11.9 Å². The van der Waals surface area contributed by atoms with E-state index in [1.807, 2.05) is 0 Å². The topological polar surface area (TPSA) is 52.6 Å². The fraction of sp³-hybridized carbons (Fsp3) is 0.429. The van der Waals surface area contributed by atoms with Crippen LogP contribution in [0.5, 0.6) is 0 Å². The van der Waals surface area contributed by atoms with Gasteiger partial charge in [-0.25, -0.2) is 9.59 Å². The summed E-state index contributed by atoms with van der Waals surface area (Å²) in [6.07, 6.45) is 1.74. The molecule has 0 saturated heterocycles. The first-order valence-electron chi connectivity index (χ1n) is 3.24. The van der Waals surface area contributed by atoms with E-state index in [-0.39, 0.29) is 12.7 Å². The van der Waals surface area contributed by atoms with Crippen molar-refractivity contribution in [1.82, 2.24) is 0 Å². The van der Waals surface area contributed by atoms with Gasteiger partial charge in [0, 0.05) is 12.2 Å². The van der Waals surface area contributed by atoms with Crippen molar-refractivity contribution in [2.45, 2.75) is 13.0 Å². The SMILES string of the molecule is CC1COC(=O)/C=C\C(=O)O1. The van der Waals surface area contributed by atoms with Crippen molar-refractivity contribution in [2.75, 3.05) is 6.61 Å². The first-order valence-corrected chi connectivity index (χ1v) is 3.24. The molecule has 0 spiro atoms. The largest absolute Gasteiger partial charge is 0.459 e. The second kappa shape index (κ2) is 3.18. The molecule has 1 aliphatic heterocycles. The van der Waals surface area contributed by atoms with Gasteiger partial charge < -0.3 is 9.47 Å². The van der Waals surface area contributed by atoms with Crippen LogP contribution in [0.2, 0.25) is 0 Å². The molecule has 0 radical (unpaired) electrons. The maximum absolute atomic E-state index is 10.7. The fourth-order valence-corrected chi connectivity index (χ4v) is 0.655. The first-order chi connectivity index (χ1) is 5.18. The Balaban J connectivity index is 2.65. The van der Waals surface area contributed by atoms with Gasteiger partial charge in [0.25, 0.3) is 0 Å². The number of cyclic esters (lactones) is 2. The predicted octanol–water partition coefficient (Wildman–Crippen LogP) is 0.0311. The lowest BCUT2D eigenvalue weighted by Gasteiger charge is -2.13. The van der Waals surface area contributed by atoms with Gasteiger partial charge in [-0.05, 0) is 6.92 Å². The van der Waals surface area contributed by atoms with E-state index in [1.54, 1.807) is 6.92 Å². The Morgan fingerprint density at radius 2 is 2.00 bits per heavy atom. The molecule has 0 aromatic rings. The van der Waals surface area contributed by atoms with Gasteiger partial charge in [-0.3, -0.25) is 0 Å². The van der Waals surface area contributed by atoms with E-state index in [4.69, 9.17) is 4.74 Å². The lowest BCUT2D eigenvalue weighted by molar-refractivity contribution is -0.153. The van der Waals surface area contributed by atoms with Gasteiger partial charge in [-0.1, -0.05) is 0 Å². The average molecular weight is 156 g/mol. The molecule has 4 nitrogen and oxygen atoms in total. The van der Waals surface area contributed by atoms with Crippen LogP contribution >= 0.6 is 0 Å². The molecule has 0 aromatic carbocycles. The lowest BCUT2D eigenvalue weighted by atomic mass is 10.4. The van der Waals surface area contributed by atoms with E-state index in [0.29, 0.717) is 0 Å². The Labute approximate surface area is 63.8 Å². The molecule has 0 bridgehead atoms. The van der Waals surface area contributed by atoms with Crippen molar-refractivity contribution in [2.24, 2.45) is 0 Å². The number of rotatable bonds is 0. The maximum atomic E-state index is 10.7. The van der Waals surface area contributed by atoms with Crippen molar-refractivity contribution < 1.29 is 19.1 Å². The number of hydrogen-bond acceptors (Lipinski definition) is 4. The van der Waals surface area contributed by atoms with Gasteiger partial charge in [0.15, 0.2) is 0 Å². The smallest absolute Gasteiger partial charge is 0.331 e. The summed E-state index contributed by atoms with van der Waals surface area (Å²) >= 11 is 0. The quantitative estimate of drug-likeness (QED) is 0.464. The Bertz CT molecular complexity index is 206. The van der Waals surface area contributed by atoms with Crippen molar-refractivity contribution in [3.8, 4) is 0 Å². The van der Waals surface area contributed by atoms with Gasteiger partial charge in [-0.15, -0.1) is 0 Å². The zero-order valence-corrected chi connectivity index (χ0v) is 6.07. The molecule has 0 amide bonds. The molecular formula is C7H8O4. The summed E-state index contributed by atoms with van der Waals surface area (Å²) in [6.45, 7) is 1.78. The van der Waals surface area contributed by atoms with Crippen molar-refractivity contribution >= 4 is 11.9 Å². The van der Waals surface area contributed by atoms with Crippen LogP contribution in [0.4, 0.5) is 0 Å². The first kappa shape index (κ1) is 7.78. The molecule has 11 heavy (non-hydrogen) atoms. The highest BCUT2D eigenvalue weighted by molar-refractivity contribution is 5.92. The van der Waals surface area contributed by atoms with Crippen molar-refractivity contribution in [3.05, 3.63) is 12.2 Å². The van der Waals surface area contributed by atoms with Crippen LogP contribution in [0.1, 0.15) is 6.92 Å². The van der Waals surface area contributed by atoms with Crippen LogP contribution in [0.3, 0.4) is 0 Å². The monoisotopic (exact) mass is 156 g/mol. The van der Waals surface area contributed by atoms with Gasteiger partial charge in [0.05, 0.1) is 0 Å². The number of hydrogen-bond donors (Lipinski definition) is 0. The number of ether oxygens (including phenoxy) is 2. The Kier molecular flexibility index (Phi) is 2.25. The third-order valence-electron chi connectivity index (χ3n) is 1.13. The molecule has 0 N–H and O–H groups in total. The highest BCUT2D eigenvalue weighted by Gasteiger charge is 2.12. The molecule has 4 heteroatoms. The van der Waals surface area contributed by atoms with E-state index >= 15 is 0 Å². The van der Waals surface area contributed by atoms with Crippen molar-refractivity contribution in [1.29, 1.82) is 0 Å². The van der Waals surface area contributed by atoms with Gasteiger partial charge in [-0.2, -0.15) is 0 Å². The summed E-state index contributed by atoms with van der Waals surface area (Å²) in [5.74, 6) is -1.01. The van der Waals surface area contributed by atoms with Crippen LogP contribution in [-0.4, -0.2) is 24.6 Å². The third kappa shape index (κ3) is 2.41. The second-order valence-corrected chi connectivity index (χ2v) is 2.21. The van der Waals surface area contributed by atoms with E-state index in [9.17, 15) is 9.59 Å². The Morgan fingerprint density at radius 1 is 1.36 bits per heavy atom. The number of carbonyl (C=O) groups is 2. The fourth-order valence-electron chi connectivity index (χ4n) is 0.655. The van der Waals surface area contributed by atoms with Crippen LogP contribution in [0.25, 0.3) is 0 Å². The third-order valence-corrected chi connectivity index (χ3v) is 1.13. The van der Waals surface area contributed by atoms with E-state index in [1.165, 1.54) is 0 Å². The van der Waals surface area contributed by atoms with Gasteiger partial charge >= 0.3 is 11.9 Å². The van der Waals surface area contributed by atoms with Gasteiger partial charge in [0.2, 0.25) is 0 Å². The van der Waals surface area contributed by atoms with Crippen LogP contribution in [-0.2, 0) is 19.1 Å². The molecular weight excluding hydrogens is 148 g/mol. The number of carbonyl (C=O) groups excluding carboxylic acids is 2. The summed E-state index contributed by atoms with van der Waals surface area (Å²) in [5, 5.41) is 0. The van der Waals surface area contributed by atoms with Crippen LogP contribution < -0.4 is 0 Å². The van der Waals surface area contributed by atoms with Crippen molar-refractivity contribution in [3.63, 3.8) is 0 Å². The number of esters is 2. The second-order valence-electron chi connectivity index (χ2n) is 2.21. The molecule has 0 fully saturated rings. The molecule has 0 aromatic heterocycles. The average Bonchev–Trinajstić information content (AvgIpc) is 1.95. The highest BCUT2D eigenvalue weighted by atomic mass is 16.6. The molecule has 0 aliphatic carbocycles. The Morgan fingerprint density at radius 3 is 2.73 bits per heavy atom. The van der Waals surface area contributed by atoms with E-state index in [2.05, 4.69) is 4.74 Å². The molecule has 60 valence electrons. The standard InChI is InChI=1S/C7H8O4/c1-5-4-10-6(8)2-3-7(9)11-5/h2-3,5H,4H2,1H3/b3-2-. The zero-order chi connectivity index (χ0) is 8.27. The molecule has 1 atom stereocenters. The normalized spacial score (nSPS) is 27.9. The molecule has 1 rings (SSSR count).